The van der Waals surface area contributed by atoms with Crippen LogP contribution in [-0.4, -0.2) is 51.0 Å². The molecule has 7 nitrogen and oxygen atoms in total. The molecule has 1 aliphatic heterocycles. The van der Waals surface area contributed by atoms with Gasteiger partial charge in [0.25, 0.3) is 0 Å². The number of carbonyl (C=O) groups is 1. The summed E-state index contributed by atoms with van der Waals surface area (Å²) in [7, 11) is 0. The largest absolute Gasteiger partial charge is 0.371 e. The Morgan fingerprint density at radius 3 is 2.75 bits per heavy atom. The van der Waals surface area contributed by atoms with Crippen molar-refractivity contribution >= 4 is 12.0 Å². The molecule has 1 N–H and O–H groups in total. The lowest BCUT2D eigenvalue weighted by atomic mass is 9.96. The minimum absolute atomic E-state index is 0.0860. The van der Waals surface area contributed by atoms with E-state index in [4.69, 9.17) is 4.74 Å². The molecule has 2 amide bonds. The molecule has 7 heteroatoms. The highest BCUT2D eigenvalue weighted by atomic mass is 16.5. The van der Waals surface area contributed by atoms with E-state index in [1.807, 2.05) is 16.5 Å². The number of amides is 2. The van der Waals surface area contributed by atoms with Gasteiger partial charge in [0.05, 0.1) is 18.2 Å². The van der Waals surface area contributed by atoms with Crippen molar-refractivity contribution in [3.05, 3.63) is 6.33 Å². The molecule has 2 heterocycles. The molecule has 0 aromatic carbocycles. The van der Waals surface area contributed by atoms with Crippen molar-refractivity contribution < 1.29 is 9.53 Å². The quantitative estimate of drug-likeness (QED) is 0.923. The van der Waals surface area contributed by atoms with Crippen molar-refractivity contribution in [2.75, 3.05) is 18.4 Å². The number of aromatic nitrogens is 3. The van der Waals surface area contributed by atoms with Crippen LogP contribution < -0.4 is 5.32 Å². The standard InChI is InChI=1S/C17H27N5O2/c1-12-9-21(10-15(24-12)13-7-8-13)17(23)19-16-18-11-22(20-16)14-5-3-2-4-6-14/h11-15H,2-10H2,1H3,(H,19,20,23). The van der Waals surface area contributed by atoms with Crippen LogP contribution in [0, 0.1) is 5.92 Å². The van der Waals surface area contributed by atoms with Crippen LogP contribution in [0.2, 0.25) is 0 Å². The summed E-state index contributed by atoms with van der Waals surface area (Å²) in [5, 5.41) is 7.33. The third-order valence-electron chi connectivity index (χ3n) is 5.40. The fourth-order valence-electron chi connectivity index (χ4n) is 3.91. The zero-order chi connectivity index (χ0) is 16.5. The average molecular weight is 333 g/mol. The van der Waals surface area contributed by atoms with Gasteiger partial charge in [-0.05, 0) is 38.5 Å². The molecule has 0 radical (unpaired) electrons. The first-order valence-electron chi connectivity index (χ1n) is 9.31. The molecule has 1 saturated heterocycles. The number of ether oxygens (including phenoxy) is 1. The van der Waals surface area contributed by atoms with Gasteiger partial charge in [-0.2, -0.15) is 0 Å². The van der Waals surface area contributed by atoms with Gasteiger partial charge in [0.1, 0.15) is 6.33 Å². The van der Waals surface area contributed by atoms with Gasteiger partial charge >= 0.3 is 6.03 Å². The van der Waals surface area contributed by atoms with Gasteiger partial charge < -0.3 is 9.64 Å². The summed E-state index contributed by atoms with van der Waals surface area (Å²) in [6.45, 7) is 3.33. The van der Waals surface area contributed by atoms with E-state index in [0.29, 0.717) is 31.0 Å². The molecule has 4 rings (SSSR count). The molecule has 132 valence electrons. The molecule has 3 aliphatic rings. The van der Waals surface area contributed by atoms with Crippen molar-refractivity contribution in [1.29, 1.82) is 0 Å². The third kappa shape index (κ3) is 3.55. The Morgan fingerprint density at radius 1 is 1.21 bits per heavy atom. The van der Waals surface area contributed by atoms with Crippen molar-refractivity contribution in [1.82, 2.24) is 19.7 Å². The van der Waals surface area contributed by atoms with Crippen LogP contribution in [0.25, 0.3) is 0 Å². The van der Waals surface area contributed by atoms with Gasteiger partial charge in [-0.15, -0.1) is 5.10 Å². The maximum Gasteiger partial charge on any atom is 0.324 e. The lowest BCUT2D eigenvalue weighted by molar-refractivity contribution is -0.0718. The Balaban J connectivity index is 1.36. The molecule has 1 aromatic rings. The second kappa shape index (κ2) is 6.70. The molecule has 3 fully saturated rings. The number of rotatable bonds is 3. The SMILES string of the molecule is CC1CN(C(=O)Nc2ncn(C3CCCCC3)n2)CC(C2CC2)O1. The fraction of sp³-hybridized carbons (Fsp3) is 0.824. The summed E-state index contributed by atoms with van der Waals surface area (Å²) in [4.78, 5) is 18.7. The first-order chi connectivity index (χ1) is 11.7. The molecular weight excluding hydrogens is 306 g/mol. The number of hydrogen-bond acceptors (Lipinski definition) is 4. The summed E-state index contributed by atoms with van der Waals surface area (Å²) in [5.41, 5.74) is 0. The van der Waals surface area contributed by atoms with Crippen LogP contribution in [0.15, 0.2) is 6.33 Å². The van der Waals surface area contributed by atoms with Gasteiger partial charge in [-0.1, -0.05) is 19.3 Å². The highest BCUT2D eigenvalue weighted by Gasteiger charge is 2.38. The Bertz CT molecular complexity index is 579. The highest BCUT2D eigenvalue weighted by molar-refractivity contribution is 5.87. The lowest BCUT2D eigenvalue weighted by Gasteiger charge is -2.36. The Kier molecular flexibility index (Phi) is 4.43. The van der Waals surface area contributed by atoms with Gasteiger partial charge in [0.15, 0.2) is 0 Å². The molecule has 1 aromatic heterocycles. The van der Waals surface area contributed by atoms with Crippen molar-refractivity contribution in [3.8, 4) is 0 Å². The summed E-state index contributed by atoms with van der Waals surface area (Å²) in [5.74, 6) is 1.04. The van der Waals surface area contributed by atoms with Gasteiger partial charge in [-0.25, -0.2) is 14.5 Å². The van der Waals surface area contributed by atoms with Crippen LogP contribution in [-0.2, 0) is 4.74 Å². The van der Waals surface area contributed by atoms with Crippen LogP contribution in [0.3, 0.4) is 0 Å². The summed E-state index contributed by atoms with van der Waals surface area (Å²) in [6.07, 6.45) is 10.6. The molecule has 24 heavy (non-hydrogen) atoms. The normalized spacial score (nSPS) is 28.8. The van der Waals surface area contributed by atoms with Crippen LogP contribution in [0.4, 0.5) is 10.7 Å². The molecule has 2 saturated carbocycles. The van der Waals surface area contributed by atoms with Crippen LogP contribution >= 0.6 is 0 Å². The topological polar surface area (TPSA) is 72.3 Å². The minimum atomic E-state index is -0.114. The molecule has 0 bridgehead atoms. The molecule has 0 spiro atoms. The summed E-state index contributed by atoms with van der Waals surface area (Å²) in [6, 6.07) is 0.316. The average Bonchev–Trinajstić information content (AvgIpc) is 3.35. The van der Waals surface area contributed by atoms with Crippen LogP contribution in [0.5, 0.6) is 0 Å². The number of nitrogens with one attached hydrogen (secondary N) is 1. The third-order valence-corrected chi connectivity index (χ3v) is 5.40. The van der Waals surface area contributed by atoms with Gasteiger partial charge in [0.2, 0.25) is 5.95 Å². The van der Waals surface area contributed by atoms with Crippen molar-refractivity contribution in [3.63, 3.8) is 0 Å². The molecule has 2 unspecified atom stereocenters. The van der Waals surface area contributed by atoms with E-state index in [1.54, 1.807) is 6.33 Å². The first kappa shape index (κ1) is 15.9. The number of anilines is 1. The van der Waals surface area contributed by atoms with E-state index in [-0.39, 0.29) is 18.2 Å². The monoisotopic (exact) mass is 333 g/mol. The maximum absolute atomic E-state index is 12.6. The molecule has 2 atom stereocenters. The predicted octanol–water partition coefficient (Wildman–Crippen LogP) is 2.81. The number of urea groups is 1. The summed E-state index contributed by atoms with van der Waals surface area (Å²) < 4.78 is 7.89. The number of carbonyl (C=O) groups excluding carboxylic acids is 1. The lowest BCUT2D eigenvalue weighted by Crippen LogP contribution is -2.51. The van der Waals surface area contributed by atoms with E-state index in [2.05, 4.69) is 15.4 Å². The predicted molar refractivity (Wildman–Crippen MR) is 89.8 cm³/mol. The fourth-order valence-corrected chi connectivity index (χ4v) is 3.91. The zero-order valence-corrected chi connectivity index (χ0v) is 14.4. The maximum atomic E-state index is 12.6. The molecule has 2 aliphatic carbocycles. The van der Waals surface area contributed by atoms with Crippen LogP contribution in [0.1, 0.15) is 57.9 Å². The zero-order valence-electron chi connectivity index (χ0n) is 14.4. The van der Waals surface area contributed by atoms with E-state index >= 15 is 0 Å². The smallest absolute Gasteiger partial charge is 0.324 e. The number of morpholine rings is 1. The van der Waals surface area contributed by atoms with E-state index in [1.165, 1.54) is 32.1 Å². The van der Waals surface area contributed by atoms with E-state index < -0.39 is 0 Å². The second-order valence-corrected chi connectivity index (χ2v) is 7.50. The van der Waals surface area contributed by atoms with E-state index in [9.17, 15) is 4.79 Å². The van der Waals surface area contributed by atoms with Gasteiger partial charge in [-0.3, -0.25) is 5.32 Å². The number of nitrogens with zero attached hydrogens (tertiary/aromatic N) is 4. The van der Waals surface area contributed by atoms with Crippen molar-refractivity contribution in [2.45, 2.75) is 70.1 Å². The van der Waals surface area contributed by atoms with E-state index in [0.717, 1.165) is 12.8 Å². The Labute approximate surface area is 142 Å². The highest BCUT2D eigenvalue weighted by Crippen LogP contribution is 2.36. The Morgan fingerprint density at radius 2 is 2.00 bits per heavy atom. The summed E-state index contributed by atoms with van der Waals surface area (Å²) >= 11 is 0. The van der Waals surface area contributed by atoms with Gasteiger partial charge in [0, 0.05) is 13.1 Å². The second-order valence-electron chi connectivity index (χ2n) is 7.50. The molecular formula is C17H27N5O2. The number of hydrogen-bond donors (Lipinski definition) is 1. The van der Waals surface area contributed by atoms with Crippen molar-refractivity contribution in [2.24, 2.45) is 5.92 Å². The first-order valence-corrected chi connectivity index (χ1v) is 9.31. The Hall–Kier alpha value is -1.63. The minimum Gasteiger partial charge on any atom is -0.371 e.